The van der Waals surface area contributed by atoms with E-state index in [0.29, 0.717) is 23.8 Å². The number of benzene rings is 1. The highest BCUT2D eigenvalue weighted by molar-refractivity contribution is 7.66. The van der Waals surface area contributed by atoms with E-state index in [9.17, 15) is 4.57 Å². The average molecular weight is 284 g/mol. The predicted octanol–water partition coefficient (Wildman–Crippen LogP) is 2.60. The number of nitrogens with one attached hydrogen (secondary N) is 1. The molecule has 0 aliphatic heterocycles. The molecule has 0 aliphatic rings. The Kier molecular flexibility index (Phi) is 5.60. The Morgan fingerprint density at radius 1 is 1.37 bits per heavy atom. The Labute approximate surface area is 116 Å². The van der Waals surface area contributed by atoms with Gasteiger partial charge in [0.2, 0.25) is 7.37 Å². The maximum absolute atomic E-state index is 12.9. The van der Waals surface area contributed by atoms with E-state index in [4.69, 9.17) is 10.3 Å². The number of nitrogen functional groups attached to an aromatic ring is 1. The van der Waals surface area contributed by atoms with Crippen LogP contribution in [0.2, 0.25) is 0 Å². The van der Waals surface area contributed by atoms with Crippen molar-refractivity contribution in [3.05, 3.63) is 24.3 Å². The van der Waals surface area contributed by atoms with Gasteiger partial charge in [-0.15, -0.1) is 0 Å². The van der Waals surface area contributed by atoms with Gasteiger partial charge in [0.05, 0.1) is 6.61 Å². The molecule has 0 spiro atoms. The predicted molar refractivity (Wildman–Crippen MR) is 82.3 cm³/mol. The van der Waals surface area contributed by atoms with Gasteiger partial charge in [-0.1, -0.05) is 19.9 Å². The lowest BCUT2D eigenvalue weighted by Crippen LogP contribution is -2.43. The molecule has 1 rings (SSSR count). The highest BCUT2D eigenvalue weighted by Crippen LogP contribution is 2.46. The maximum Gasteiger partial charge on any atom is 0.232 e. The normalized spacial score (nSPS) is 15.2. The SMILES string of the molecule is CCNC(C)(C)COP(=O)(CC)c1cccc(N)c1. The van der Waals surface area contributed by atoms with Gasteiger partial charge >= 0.3 is 0 Å². The van der Waals surface area contributed by atoms with Crippen LogP contribution < -0.4 is 16.4 Å². The first-order chi connectivity index (χ1) is 8.83. The fourth-order valence-electron chi connectivity index (χ4n) is 1.88. The third kappa shape index (κ3) is 4.64. The summed E-state index contributed by atoms with van der Waals surface area (Å²) < 4.78 is 18.7. The number of anilines is 1. The molecule has 0 fully saturated rings. The maximum atomic E-state index is 12.9. The molecule has 0 amide bonds. The van der Waals surface area contributed by atoms with Crippen molar-refractivity contribution in [1.82, 2.24) is 5.32 Å². The molecule has 0 saturated heterocycles. The first kappa shape index (κ1) is 16.2. The number of hydrogen-bond donors (Lipinski definition) is 2. The van der Waals surface area contributed by atoms with Gasteiger partial charge in [0.25, 0.3) is 0 Å². The van der Waals surface area contributed by atoms with E-state index < -0.39 is 7.37 Å². The van der Waals surface area contributed by atoms with E-state index >= 15 is 0 Å². The van der Waals surface area contributed by atoms with Crippen molar-refractivity contribution in [3.63, 3.8) is 0 Å². The van der Waals surface area contributed by atoms with E-state index in [1.54, 1.807) is 12.1 Å². The van der Waals surface area contributed by atoms with Crippen LogP contribution in [-0.2, 0) is 9.09 Å². The molecule has 0 bridgehead atoms. The Morgan fingerprint density at radius 2 is 2.05 bits per heavy atom. The summed E-state index contributed by atoms with van der Waals surface area (Å²) >= 11 is 0. The monoisotopic (exact) mass is 284 g/mol. The second-order valence-electron chi connectivity index (χ2n) is 5.27. The van der Waals surface area contributed by atoms with E-state index in [-0.39, 0.29) is 5.54 Å². The minimum atomic E-state index is -2.82. The van der Waals surface area contributed by atoms with Crippen LogP contribution >= 0.6 is 7.37 Å². The van der Waals surface area contributed by atoms with Crippen molar-refractivity contribution in [2.24, 2.45) is 0 Å². The molecule has 5 heteroatoms. The summed E-state index contributed by atoms with van der Waals surface area (Å²) in [6.07, 6.45) is 0.471. The Balaban J connectivity index is 2.85. The van der Waals surface area contributed by atoms with Crippen LogP contribution in [0.1, 0.15) is 27.7 Å². The molecule has 0 aromatic heterocycles. The smallest absolute Gasteiger partial charge is 0.232 e. The lowest BCUT2D eigenvalue weighted by Gasteiger charge is -2.28. The van der Waals surface area contributed by atoms with Gasteiger partial charge in [-0.3, -0.25) is 4.57 Å². The van der Waals surface area contributed by atoms with Gasteiger partial charge in [0.1, 0.15) is 0 Å². The summed E-state index contributed by atoms with van der Waals surface area (Å²) in [5.74, 6) is 0. The van der Waals surface area contributed by atoms with E-state index in [2.05, 4.69) is 5.32 Å². The van der Waals surface area contributed by atoms with Gasteiger partial charge in [-0.25, -0.2) is 0 Å². The minimum absolute atomic E-state index is 0.195. The lowest BCUT2D eigenvalue weighted by molar-refractivity contribution is 0.216. The van der Waals surface area contributed by atoms with Crippen LogP contribution in [-0.4, -0.2) is 24.9 Å². The van der Waals surface area contributed by atoms with Crippen molar-refractivity contribution in [2.45, 2.75) is 33.2 Å². The fourth-order valence-corrected chi connectivity index (χ4v) is 3.77. The van der Waals surface area contributed by atoms with Gasteiger partial charge in [-0.2, -0.15) is 0 Å². The van der Waals surface area contributed by atoms with Crippen LogP contribution in [0, 0.1) is 0 Å². The largest absolute Gasteiger partial charge is 0.399 e. The van der Waals surface area contributed by atoms with Crippen molar-refractivity contribution >= 4 is 18.4 Å². The molecule has 0 radical (unpaired) electrons. The van der Waals surface area contributed by atoms with E-state index in [1.165, 1.54) is 0 Å². The molecule has 1 aromatic carbocycles. The van der Waals surface area contributed by atoms with Crippen molar-refractivity contribution in [2.75, 3.05) is 25.0 Å². The van der Waals surface area contributed by atoms with Gasteiger partial charge in [-0.05, 0) is 38.6 Å². The molecular weight excluding hydrogens is 259 g/mol. The average Bonchev–Trinajstić information content (AvgIpc) is 2.36. The van der Waals surface area contributed by atoms with Gasteiger partial charge in [0.15, 0.2) is 0 Å². The van der Waals surface area contributed by atoms with Crippen LogP contribution in [0.25, 0.3) is 0 Å². The highest BCUT2D eigenvalue weighted by Gasteiger charge is 2.27. The second kappa shape index (κ2) is 6.56. The fraction of sp³-hybridized carbons (Fsp3) is 0.571. The number of likely N-dealkylation sites (N-methyl/N-ethyl adjacent to an activating group) is 1. The first-order valence-corrected chi connectivity index (χ1v) is 8.48. The molecule has 0 aliphatic carbocycles. The zero-order valence-electron chi connectivity index (χ0n) is 12.3. The van der Waals surface area contributed by atoms with E-state index in [1.807, 2.05) is 39.8 Å². The highest BCUT2D eigenvalue weighted by atomic mass is 31.2. The minimum Gasteiger partial charge on any atom is -0.399 e. The summed E-state index contributed by atoms with van der Waals surface area (Å²) in [7, 11) is -2.82. The second-order valence-corrected chi connectivity index (χ2v) is 8.03. The van der Waals surface area contributed by atoms with Crippen LogP contribution in [0.15, 0.2) is 24.3 Å². The van der Waals surface area contributed by atoms with E-state index in [0.717, 1.165) is 6.54 Å². The standard InChI is InChI=1S/C14H25N2O2P/c1-5-16-14(3,4)11-18-19(17,6-2)13-9-7-8-12(15)10-13/h7-10,16H,5-6,11,15H2,1-4H3. The molecule has 0 heterocycles. The van der Waals surface area contributed by atoms with Gasteiger partial charge < -0.3 is 15.6 Å². The third-order valence-corrected chi connectivity index (χ3v) is 5.41. The third-order valence-electron chi connectivity index (χ3n) is 2.97. The molecule has 1 aromatic rings. The molecule has 19 heavy (non-hydrogen) atoms. The summed E-state index contributed by atoms with van der Waals surface area (Å²) in [5, 5.41) is 4.01. The van der Waals surface area contributed by atoms with Gasteiger partial charge in [0, 0.05) is 22.7 Å². The Bertz CT molecular complexity index is 461. The van der Waals surface area contributed by atoms with Crippen LogP contribution in [0.5, 0.6) is 0 Å². The van der Waals surface area contributed by atoms with Crippen molar-refractivity contribution in [3.8, 4) is 0 Å². The number of rotatable bonds is 7. The zero-order valence-corrected chi connectivity index (χ0v) is 13.2. The lowest BCUT2D eigenvalue weighted by atomic mass is 10.1. The Morgan fingerprint density at radius 3 is 2.58 bits per heavy atom. The molecule has 4 nitrogen and oxygen atoms in total. The molecule has 0 saturated carbocycles. The number of hydrogen-bond acceptors (Lipinski definition) is 4. The van der Waals surface area contributed by atoms with Crippen molar-refractivity contribution in [1.29, 1.82) is 0 Å². The molecule has 1 atom stereocenters. The molecule has 1 unspecified atom stereocenters. The quantitative estimate of drug-likeness (QED) is 0.596. The molecular formula is C14H25N2O2P. The molecule has 108 valence electrons. The summed E-state index contributed by atoms with van der Waals surface area (Å²) in [4.78, 5) is 0. The summed E-state index contributed by atoms with van der Waals surface area (Å²) in [5.41, 5.74) is 6.17. The Hall–Kier alpha value is -0.830. The van der Waals surface area contributed by atoms with Crippen LogP contribution in [0.4, 0.5) is 5.69 Å². The molecule has 3 N–H and O–H groups in total. The topological polar surface area (TPSA) is 64.3 Å². The van der Waals surface area contributed by atoms with Crippen LogP contribution in [0.3, 0.4) is 0 Å². The van der Waals surface area contributed by atoms with Crippen molar-refractivity contribution < 1.29 is 9.09 Å². The summed E-state index contributed by atoms with van der Waals surface area (Å²) in [6, 6.07) is 7.16. The zero-order chi connectivity index (χ0) is 14.5. The number of nitrogens with two attached hydrogens (primary N) is 1. The first-order valence-electron chi connectivity index (χ1n) is 6.68. The summed E-state index contributed by atoms with van der Waals surface area (Å²) in [6.45, 7) is 9.25.